The number of amides is 1. The Morgan fingerprint density at radius 1 is 1.67 bits per heavy atom. The van der Waals surface area contributed by atoms with Crippen LogP contribution in [0.15, 0.2) is 12.5 Å². The molecule has 82 valence electrons. The van der Waals surface area contributed by atoms with Crippen LogP contribution in [0, 0.1) is 0 Å². The Bertz CT molecular complexity index is 343. The van der Waals surface area contributed by atoms with Gasteiger partial charge in [0.05, 0.1) is 12.0 Å². The highest BCUT2D eigenvalue weighted by atomic mass is 16.1. The van der Waals surface area contributed by atoms with Gasteiger partial charge in [-0.3, -0.25) is 4.79 Å². The van der Waals surface area contributed by atoms with E-state index in [0.717, 1.165) is 12.2 Å². The van der Waals surface area contributed by atoms with Crippen molar-refractivity contribution in [3.63, 3.8) is 0 Å². The minimum Gasteiger partial charge on any atom is -0.370 e. The lowest BCUT2D eigenvalue weighted by Crippen LogP contribution is -2.19. The first-order valence-corrected chi connectivity index (χ1v) is 5.26. The molecule has 5 heteroatoms. The molecule has 0 radical (unpaired) electrons. The van der Waals surface area contributed by atoms with Gasteiger partial charge in [-0.05, 0) is 12.8 Å². The maximum atomic E-state index is 10.7. The summed E-state index contributed by atoms with van der Waals surface area (Å²) >= 11 is 0. The minimum absolute atomic E-state index is 0.273. The molecule has 1 saturated carbocycles. The van der Waals surface area contributed by atoms with Gasteiger partial charge in [-0.25, -0.2) is 4.98 Å². The summed E-state index contributed by atoms with van der Waals surface area (Å²) in [6, 6.07) is 0.685. The number of primary amides is 1. The smallest absolute Gasteiger partial charge is 0.219 e. The Labute approximate surface area is 88.7 Å². The molecular formula is C10H16N4O. The Kier molecular flexibility index (Phi) is 3.01. The van der Waals surface area contributed by atoms with Crippen molar-refractivity contribution in [3.05, 3.63) is 18.2 Å². The van der Waals surface area contributed by atoms with Crippen LogP contribution in [0.4, 0.5) is 0 Å². The molecule has 1 aliphatic rings. The maximum Gasteiger partial charge on any atom is 0.219 e. The number of aryl methyl sites for hydroxylation is 1. The predicted octanol–water partition coefficient (Wildman–Crippen LogP) is 0.0105. The highest BCUT2D eigenvalue weighted by molar-refractivity contribution is 5.73. The summed E-state index contributed by atoms with van der Waals surface area (Å²) in [5.41, 5.74) is 6.22. The number of hydrogen-bond acceptors (Lipinski definition) is 3. The van der Waals surface area contributed by atoms with Crippen molar-refractivity contribution < 1.29 is 4.79 Å². The molecule has 1 aliphatic carbocycles. The molecule has 1 aromatic rings. The van der Waals surface area contributed by atoms with Crippen LogP contribution in [0.2, 0.25) is 0 Å². The predicted molar refractivity (Wildman–Crippen MR) is 55.9 cm³/mol. The summed E-state index contributed by atoms with van der Waals surface area (Å²) < 4.78 is 1.97. The zero-order chi connectivity index (χ0) is 10.7. The van der Waals surface area contributed by atoms with Crippen molar-refractivity contribution in [3.8, 4) is 0 Å². The van der Waals surface area contributed by atoms with Crippen LogP contribution in [0.1, 0.15) is 25.0 Å². The van der Waals surface area contributed by atoms with Crippen LogP contribution in [0.3, 0.4) is 0 Å². The first-order valence-electron chi connectivity index (χ1n) is 5.26. The highest BCUT2D eigenvalue weighted by Gasteiger charge is 2.20. The summed E-state index contributed by atoms with van der Waals surface area (Å²) in [7, 11) is 0. The summed E-state index contributed by atoms with van der Waals surface area (Å²) in [6.07, 6.45) is 6.49. The second-order valence-corrected chi connectivity index (χ2v) is 3.95. The van der Waals surface area contributed by atoms with E-state index >= 15 is 0 Å². The Morgan fingerprint density at radius 2 is 2.47 bits per heavy atom. The molecule has 0 atom stereocenters. The van der Waals surface area contributed by atoms with Crippen LogP contribution in [0.25, 0.3) is 0 Å². The molecular weight excluding hydrogens is 192 g/mol. The molecule has 0 saturated heterocycles. The SMILES string of the molecule is NC(=O)CCn1cncc1CNC1CC1. The van der Waals surface area contributed by atoms with E-state index in [1.807, 2.05) is 10.8 Å². The van der Waals surface area contributed by atoms with Gasteiger partial charge in [0.2, 0.25) is 5.91 Å². The number of nitrogens with zero attached hydrogens (tertiary/aromatic N) is 2. The fourth-order valence-corrected chi connectivity index (χ4v) is 1.46. The van der Waals surface area contributed by atoms with E-state index in [4.69, 9.17) is 5.73 Å². The number of rotatable bonds is 6. The molecule has 15 heavy (non-hydrogen) atoms. The number of carbonyl (C=O) groups is 1. The highest BCUT2D eigenvalue weighted by Crippen LogP contribution is 2.19. The Morgan fingerprint density at radius 3 is 3.13 bits per heavy atom. The summed E-state index contributed by atoms with van der Waals surface area (Å²) in [5, 5.41) is 3.41. The minimum atomic E-state index is -0.273. The van der Waals surface area contributed by atoms with Gasteiger partial charge in [-0.2, -0.15) is 0 Å². The van der Waals surface area contributed by atoms with Gasteiger partial charge in [0, 0.05) is 31.7 Å². The molecule has 3 N–H and O–H groups in total. The van der Waals surface area contributed by atoms with Crippen molar-refractivity contribution in [1.82, 2.24) is 14.9 Å². The van der Waals surface area contributed by atoms with E-state index in [9.17, 15) is 4.79 Å². The molecule has 0 aliphatic heterocycles. The van der Waals surface area contributed by atoms with Gasteiger partial charge < -0.3 is 15.6 Å². The largest absolute Gasteiger partial charge is 0.370 e. The van der Waals surface area contributed by atoms with Gasteiger partial charge in [-0.15, -0.1) is 0 Å². The van der Waals surface area contributed by atoms with Crippen LogP contribution in [-0.4, -0.2) is 21.5 Å². The second-order valence-electron chi connectivity index (χ2n) is 3.95. The molecule has 0 bridgehead atoms. The quantitative estimate of drug-likeness (QED) is 0.691. The molecule has 2 rings (SSSR count). The molecule has 1 heterocycles. The van der Waals surface area contributed by atoms with Crippen LogP contribution in [0.5, 0.6) is 0 Å². The number of aromatic nitrogens is 2. The lowest BCUT2D eigenvalue weighted by Gasteiger charge is -2.07. The number of imidazole rings is 1. The molecule has 1 fully saturated rings. The lowest BCUT2D eigenvalue weighted by atomic mass is 10.3. The first-order chi connectivity index (χ1) is 7.25. The van der Waals surface area contributed by atoms with E-state index in [-0.39, 0.29) is 5.91 Å². The fourth-order valence-electron chi connectivity index (χ4n) is 1.46. The maximum absolute atomic E-state index is 10.7. The Hall–Kier alpha value is -1.36. The van der Waals surface area contributed by atoms with E-state index in [1.54, 1.807) is 6.33 Å². The fraction of sp³-hybridized carbons (Fsp3) is 0.600. The average molecular weight is 208 g/mol. The van der Waals surface area contributed by atoms with E-state index in [1.165, 1.54) is 12.8 Å². The van der Waals surface area contributed by atoms with E-state index in [0.29, 0.717) is 19.0 Å². The number of carbonyl (C=O) groups excluding carboxylic acids is 1. The van der Waals surface area contributed by atoms with Gasteiger partial charge in [0.25, 0.3) is 0 Å². The van der Waals surface area contributed by atoms with Crippen LogP contribution >= 0.6 is 0 Å². The van der Waals surface area contributed by atoms with Crippen molar-refractivity contribution in [2.75, 3.05) is 0 Å². The third-order valence-corrected chi connectivity index (χ3v) is 2.55. The third kappa shape index (κ3) is 3.06. The zero-order valence-electron chi connectivity index (χ0n) is 8.65. The van der Waals surface area contributed by atoms with Crippen LogP contribution < -0.4 is 11.1 Å². The first kappa shape index (κ1) is 10.2. The summed E-state index contributed by atoms with van der Waals surface area (Å²) in [5.74, 6) is -0.273. The zero-order valence-corrected chi connectivity index (χ0v) is 8.65. The Balaban J connectivity index is 1.85. The molecule has 0 spiro atoms. The third-order valence-electron chi connectivity index (χ3n) is 2.55. The van der Waals surface area contributed by atoms with Crippen LogP contribution in [-0.2, 0) is 17.9 Å². The van der Waals surface area contributed by atoms with Gasteiger partial charge in [0.15, 0.2) is 0 Å². The van der Waals surface area contributed by atoms with Crippen molar-refractivity contribution in [1.29, 1.82) is 0 Å². The molecule has 1 amide bonds. The summed E-state index contributed by atoms with van der Waals surface area (Å²) in [6.45, 7) is 1.44. The molecule has 0 aromatic carbocycles. The van der Waals surface area contributed by atoms with Crippen molar-refractivity contribution in [2.24, 2.45) is 5.73 Å². The summed E-state index contributed by atoms with van der Waals surface area (Å²) in [4.78, 5) is 14.7. The normalized spacial score (nSPS) is 15.5. The number of nitrogens with one attached hydrogen (secondary N) is 1. The average Bonchev–Trinajstić information content (AvgIpc) is 2.92. The molecule has 1 aromatic heterocycles. The lowest BCUT2D eigenvalue weighted by molar-refractivity contribution is -0.118. The number of hydrogen-bond donors (Lipinski definition) is 2. The van der Waals surface area contributed by atoms with Gasteiger partial charge >= 0.3 is 0 Å². The standard InChI is InChI=1S/C10H16N4O/c11-10(15)3-4-14-7-12-5-9(14)6-13-8-1-2-8/h5,7-8,13H,1-4,6H2,(H2,11,15). The number of nitrogens with two attached hydrogens (primary N) is 1. The van der Waals surface area contributed by atoms with E-state index < -0.39 is 0 Å². The molecule has 0 unspecified atom stereocenters. The van der Waals surface area contributed by atoms with Crippen molar-refractivity contribution >= 4 is 5.91 Å². The monoisotopic (exact) mass is 208 g/mol. The van der Waals surface area contributed by atoms with Crippen molar-refractivity contribution in [2.45, 2.75) is 38.4 Å². The second kappa shape index (κ2) is 4.44. The topological polar surface area (TPSA) is 72.9 Å². The van der Waals surface area contributed by atoms with E-state index in [2.05, 4.69) is 10.3 Å². The van der Waals surface area contributed by atoms with Gasteiger partial charge in [0.1, 0.15) is 0 Å². The molecule has 5 nitrogen and oxygen atoms in total. The van der Waals surface area contributed by atoms with Gasteiger partial charge in [-0.1, -0.05) is 0 Å².